The topological polar surface area (TPSA) is 181 Å². The second-order valence-corrected chi connectivity index (χ2v) is 33.5. The van der Waals surface area contributed by atoms with Gasteiger partial charge in [0.05, 0.1) is 31.0 Å². The third-order valence-electron chi connectivity index (χ3n) is 26.7. The molecule has 16 atom stereocenters. The maximum atomic E-state index is 14.7. The molecule has 8 fully saturated rings. The molecular formula is C66H99N2O9P. The number of nitriles is 2. The third kappa shape index (κ3) is 8.40. The highest BCUT2D eigenvalue weighted by atomic mass is 31.2. The number of fused-ring (bicyclic) bond motifs is 14. The number of phosphoric ester groups is 1. The minimum Gasteiger partial charge on any atom is -0.396 e. The van der Waals surface area contributed by atoms with Crippen LogP contribution in [0.15, 0.2) is 23.3 Å². The van der Waals surface area contributed by atoms with Crippen LogP contribution >= 0.6 is 7.82 Å². The van der Waals surface area contributed by atoms with Gasteiger partial charge in [-0.3, -0.25) is 32.7 Å². The normalized spacial score (nSPS) is 46.4. The van der Waals surface area contributed by atoms with Gasteiger partial charge in [-0.25, -0.2) is 4.57 Å². The molecule has 0 amide bonds. The van der Waals surface area contributed by atoms with Crippen LogP contribution in [0.1, 0.15) is 214 Å². The number of Topliss-reactive ketones (excluding diaryl/α,β-unsaturated/α-hetero) is 4. The molecule has 0 heterocycles. The molecule has 0 aromatic heterocycles. The van der Waals surface area contributed by atoms with Crippen LogP contribution in [0.25, 0.3) is 0 Å². The standard InChI is InChI=1S/C35H54NO6P.C31H45NO3/c1-10-40-43(39,41-11-2)42-22-35-16-14-30(3,4)20-24(35)28-25(37)18-27-32(7)19-23(21-36)29(38)31(5,6)26(32)12-13-33(27,8)34(28,9)15-17-35;1-26(2)10-12-31(18-33)13-11-30(7)24(20(31)16-26)21(34)14-23-28(5)15-19(17-32)25(35)27(3,4)22(28)8-9-29(23,30)6/h19,24,26-28H,10-18,20,22H2,1-9H3;15,20,22-24,33H,8-14,16,18H2,1-7H3/t24-,26-,27+,28-,32-,33+,34+,35+;20-,22-,23+,24-,28-,29+,30+,31+/m00/s1. The molecule has 11 nitrogen and oxygen atoms in total. The van der Waals surface area contributed by atoms with Crippen LogP contribution in [0.5, 0.6) is 0 Å². The van der Waals surface area contributed by atoms with Crippen molar-refractivity contribution in [2.45, 2.75) is 214 Å². The summed E-state index contributed by atoms with van der Waals surface area (Å²) in [5.74, 6) is 1.21. The maximum absolute atomic E-state index is 14.7. The second-order valence-electron chi connectivity index (χ2n) is 31.8. The number of rotatable bonds is 8. The van der Waals surface area contributed by atoms with E-state index in [4.69, 9.17) is 13.6 Å². The lowest BCUT2D eigenvalue weighted by Gasteiger charge is -2.72. The fourth-order valence-corrected chi connectivity index (χ4v) is 23.3. The molecule has 12 heteroatoms. The molecule has 0 radical (unpaired) electrons. The maximum Gasteiger partial charge on any atom is 0.474 e. The largest absolute Gasteiger partial charge is 0.474 e. The first-order valence-corrected chi connectivity index (χ1v) is 32.0. The molecule has 10 aliphatic carbocycles. The zero-order valence-electron chi connectivity index (χ0n) is 51.0. The van der Waals surface area contributed by atoms with Crippen molar-refractivity contribution in [1.29, 1.82) is 10.5 Å². The number of aliphatic hydroxyl groups is 1. The average molecular weight is 1100 g/mol. The minimum absolute atomic E-state index is 0.0120. The minimum atomic E-state index is -3.69. The van der Waals surface area contributed by atoms with E-state index in [1.807, 2.05) is 39.8 Å². The molecule has 0 saturated heterocycles. The van der Waals surface area contributed by atoms with Crippen molar-refractivity contribution in [1.82, 2.24) is 0 Å². The van der Waals surface area contributed by atoms with Gasteiger partial charge in [-0.15, -0.1) is 0 Å². The molecule has 8 saturated carbocycles. The van der Waals surface area contributed by atoms with Gasteiger partial charge in [0.1, 0.15) is 23.7 Å². The lowest BCUT2D eigenvalue weighted by atomic mass is 9.31. The van der Waals surface area contributed by atoms with Crippen LogP contribution in [-0.2, 0) is 37.3 Å². The van der Waals surface area contributed by atoms with Crippen molar-refractivity contribution in [2.24, 2.45) is 112 Å². The van der Waals surface area contributed by atoms with Gasteiger partial charge >= 0.3 is 7.82 Å². The highest BCUT2D eigenvalue weighted by Gasteiger charge is 2.74. The highest BCUT2D eigenvalue weighted by molar-refractivity contribution is 7.48. The van der Waals surface area contributed by atoms with E-state index in [1.165, 1.54) is 0 Å². The van der Waals surface area contributed by atoms with Crippen molar-refractivity contribution in [3.63, 3.8) is 0 Å². The number of hydrogen-bond donors (Lipinski definition) is 1. The Kier molecular flexibility index (Phi) is 14.7. The fraction of sp³-hybridized carbons (Fsp3) is 0.848. The summed E-state index contributed by atoms with van der Waals surface area (Å²) in [6, 6.07) is 4.43. The van der Waals surface area contributed by atoms with Gasteiger partial charge in [-0.05, 0) is 193 Å². The molecule has 432 valence electrons. The van der Waals surface area contributed by atoms with Crippen LogP contribution < -0.4 is 0 Å². The van der Waals surface area contributed by atoms with Crippen LogP contribution in [0.2, 0.25) is 0 Å². The molecule has 0 bridgehead atoms. The summed E-state index contributed by atoms with van der Waals surface area (Å²) < 4.78 is 30.6. The molecule has 1 N–H and O–H groups in total. The molecule has 0 aliphatic heterocycles. The number of phosphoric acid groups is 1. The van der Waals surface area contributed by atoms with Crippen LogP contribution in [0.4, 0.5) is 0 Å². The molecule has 78 heavy (non-hydrogen) atoms. The Morgan fingerprint density at radius 3 is 1.28 bits per heavy atom. The van der Waals surface area contributed by atoms with E-state index in [0.29, 0.717) is 24.4 Å². The van der Waals surface area contributed by atoms with E-state index in [0.717, 1.165) is 89.9 Å². The van der Waals surface area contributed by atoms with E-state index in [9.17, 15) is 39.4 Å². The summed E-state index contributed by atoms with van der Waals surface area (Å²) >= 11 is 0. The number of carbonyl (C=O) groups is 4. The predicted octanol–water partition coefficient (Wildman–Crippen LogP) is 14.8. The number of nitrogens with zero attached hydrogens (tertiary/aromatic N) is 2. The molecule has 0 aromatic rings. The summed E-state index contributed by atoms with van der Waals surface area (Å²) in [7, 11) is -3.69. The number of hydrogen-bond acceptors (Lipinski definition) is 11. The molecule has 0 aromatic carbocycles. The van der Waals surface area contributed by atoms with E-state index in [-0.39, 0.29) is 145 Å². The van der Waals surface area contributed by atoms with E-state index in [1.54, 1.807) is 13.8 Å². The van der Waals surface area contributed by atoms with Crippen LogP contribution in [-0.4, -0.2) is 54.7 Å². The van der Waals surface area contributed by atoms with Crippen LogP contribution in [0.3, 0.4) is 0 Å². The number of allylic oxidation sites excluding steroid dienone is 4. The summed E-state index contributed by atoms with van der Waals surface area (Å²) in [5, 5.41) is 30.5. The third-order valence-corrected chi connectivity index (χ3v) is 28.3. The Hall–Kier alpha value is -2.79. The lowest BCUT2D eigenvalue weighted by Crippen LogP contribution is -2.69. The van der Waals surface area contributed by atoms with E-state index < -0.39 is 24.1 Å². The van der Waals surface area contributed by atoms with Crippen molar-refractivity contribution >= 4 is 31.0 Å². The van der Waals surface area contributed by atoms with Crippen molar-refractivity contribution in [3.8, 4) is 12.1 Å². The highest BCUT2D eigenvalue weighted by Crippen LogP contribution is 2.78. The first-order valence-electron chi connectivity index (χ1n) is 30.6. The SMILES string of the molecule is CC1(C)CC[C@]2(CO)CC[C@]3(C)[C@H](C(=O)C[C@@H]4[C@@]5(C)C=C(C#N)C(=O)C(C)(C)[C@@H]5CC[C@]43C)[C@@H]2C1.CCOP(=O)(OCC)OC[C@]12CCC(C)(C)C[C@H]1[C@H]1C(=O)C[C@@H]3[C@@]4(C)C=C(C#N)C(=O)C(C)(C)[C@@H]4CC[C@@]3(C)[C@]1(C)CC2. The first-order chi connectivity index (χ1) is 36.0. The summed E-state index contributed by atoms with van der Waals surface area (Å²) in [4.78, 5) is 55.6. The van der Waals surface area contributed by atoms with Gasteiger partial charge in [-0.2, -0.15) is 10.5 Å². The van der Waals surface area contributed by atoms with Gasteiger partial charge in [0.2, 0.25) is 0 Å². The quantitative estimate of drug-likeness (QED) is 0.228. The molecule has 10 aliphatic rings. The first kappa shape index (κ1) is 59.8. The summed E-state index contributed by atoms with van der Waals surface area (Å²) in [6.45, 7) is 35.9. The zero-order valence-corrected chi connectivity index (χ0v) is 51.9. The van der Waals surface area contributed by atoms with E-state index >= 15 is 0 Å². The Labute approximate surface area is 469 Å². The molecule has 10 rings (SSSR count). The van der Waals surface area contributed by atoms with Crippen LogP contribution in [0, 0.1) is 135 Å². The average Bonchev–Trinajstić information content (AvgIpc) is 3.08. The van der Waals surface area contributed by atoms with Crippen molar-refractivity contribution in [3.05, 3.63) is 23.3 Å². The monoisotopic (exact) mass is 1090 g/mol. The number of ketones is 4. The van der Waals surface area contributed by atoms with Crippen molar-refractivity contribution < 1.29 is 42.4 Å². The Balaban J connectivity index is 0.000000193. The fourth-order valence-electron chi connectivity index (χ4n) is 22.0. The van der Waals surface area contributed by atoms with Gasteiger partial charge in [0.15, 0.2) is 11.6 Å². The molecule has 0 unspecified atom stereocenters. The van der Waals surface area contributed by atoms with Gasteiger partial charge in [0, 0.05) is 42.1 Å². The predicted molar refractivity (Wildman–Crippen MR) is 302 cm³/mol. The summed E-state index contributed by atoms with van der Waals surface area (Å²) in [6.07, 6.45) is 18.6. The number of aliphatic hydroxyl groups excluding tert-OH is 1. The lowest BCUT2D eigenvalue weighted by molar-refractivity contribution is -0.226. The Morgan fingerprint density at radius 1 is 0.526 bits per heavy atom. The van der Waals surface area contributed by atoms with E-state index in [2.05, 4.69) is 81.4 Å². The molecular weight excluding hydrogens is 996 g/mol. The Morgan fingerprint density at radius 2 is 0.897 bits per heavy atom. The van der Waals surface area contributed by atoms with Crippen molar-refractivity contribution in [2.75, 3.05) is 26.4 Å². The van der Waals surface area contributed by atoms with Gasteiger partial charge < -0.3 is 5.11 Å². The number of carbonyl (C=O) groups excluding carboxylic acids is 4. The smallest absolute Gasteiger partial charge is 0.396 e. The van der Waals surface area contributed by atoms with Gasteiger partial charge in [0.25, 0.3) is 0 Å². The molecule has 0 spiro atoms. The zero-order chi connectivity index (χ0) is 57.7. The Bertz CT molecular complexity index is 2700. The summed E-state index contributed by atoms with van der Waals surface area (Å²) in [5.41, 5.74) is -2.10. The van der Waals surface area contributed by atoms with Gasteiger partial charge in [-0.1, -0.05) is 109 Å². The second kappa shape index (κ2) is 19.1.